The molecule has 0 heterocycles. The van der Waals surface area contributed by atoms with E-state index in [1.807, 2.05) is 0 Å². The molecule has 2 aromatic rings. The standard InChI is InChI=1S/C19H22FN3O5S/c1-28-12-11-21-19(25)14-7-3-5-9-16(14)22-18(24)13-23(29(2,26)27)17-10-6-4-8-15(17)20/h3-10H,11-13H2,1-2H3,(H,21,25)(H,22,24). The molecule has 0 bridgehead atoms. The molecule has 0 aliphatic carbocycles. The van der Waals surface area contributed by atoms with Gasteiger partial charge in [-0.25, -0.2) is 12.8 Å². The minimum absolute atomic E-state index is 0.203. The van der Waals surface area contributed by atoms with Gasteiger partial charge in [-0.3, -0.25) is 13.9 Å². The normalized spacial score (nSPS) is 11.0. The van der Waals surface area contributed by atoms with Gasteiger partial charge in [0.05, 0.1) is 29.8 Å². The molecule has 0 saturated heterocycles. The molecule has 0 atom stereocenters. The van der Waals surface area contributed by atoms with Gasteiger partial charge in [-0.15, -0.1) is 0 Å². The third-order valence-corrected chi connectivity index (χ3v) is 4.97. The molecule has 2 N–H and O–H groups in total. The van der Waals surface area contributed by atoms with Crippen LogP contribution in [0.4, 0.5) is 15.8 Å². The van der Waals surface area contributed by atoms with Crippen molar-refractivity contribution in [3.05, 3.63) is 59.9 Å². The van der Waals surface area contributed by atoms with Crippen LogP contribution in [0, 0.1) is 5.82 Å². The average molecular weight is 423 g/mol. The van der Waals surface area contributed by atoms with E-state index >= 15 is 0 Å². The summed E-state index contributed by atoms with van der Waals surface area (Å²) < 4.78 is 43.8. The first-order chi connectivity index (χ1) is 13.7. The molecular formula is C19H22FN3O5S. The number of carbonyl (C=O) groups is 2. The van der Waals surface area contributed by atoms with Crippen LogP contribution in [0.3, 0.4) is 0 Å². The molecule has 0 aliphatic rings. The van der Waals surface area contributed by atoms with E-state index < -0.39 is 34.2 Å². The van der Waals surface area contributed by atoms with E-state index in [1.165, 1.54) is 37.4 Å². The molecule has 0 aromatic heterocycles. The topological polar surface area (TPSA) is 105 Å². The monoisotopic (exact) mass is 423 g/mol. The number of benzene rings is 2. The van der Waals surface area contributed by atoms with E-state index in [-0.39, 0.29) is 23.5 Å². The number of sulfonamides is 1. The van der Waals surface area contributed by atoms with E-state index in [2.05, 4.69) is 10.6 Å². The molecule has 10 heteroatoms. The van der Waals surface area contributed by atoms with Crippen molar-refractivity contribution in [1.29, 1.82) is 0 Å². The maximum atomic E-state index is 14.1. The Balaban J connectivity index is 2.19. The summed E-state index contributed by atoms with van der Waals surface area (Å²) >= 11 is 0. The van der Waals surface area contributed by atoms with Crippen LogP contribution in [0.5, 0.6) is 0 Å². The Hall–Kier alpha value is -2.98. The minimum atomic E-state index is -3.93. The van der Waals surface area contributed by atoms with E-state index in [0.717, 1.165) is 12.3 Å². The van der Waals surface area contributed by atoms with Crippen LogP contribution in [0.2, 0.25) is 0 Å². The summed E-state index contributed by atoms with van der Waals surface area (Å²) in [6, 6.07) is 11.5. The van der Waals surface area contributed by atoms with Crippen molar-refractivity contribution < 1.29 is 27.1 Å². The lowest BCUT2D eigenvalue weighted by Crippen LogP contribution is -2.38. The number of nitrogens with one attached hydrogen (secondary N) is 2. The zero-order chi connectivity index (χ0) is 21.4. The van der Waals surface area contributed by atoms with Crippen molar-refractivity contribution in [1.82, 2.24) is 5.32 Å². The third kappa shape index (κ3) is 6.26. The molecule has 0 fully saturated rings. The first-order valence-electron chi connectivity index (χ1n) is 8.62. The number of hydrogen-bond acceptors (Lipinski definition) is 5. The number of carbonyl (C=O) groups excluding carboxylic acids is 2. The molecule has 2 rings (SSSR count). The molecule has 0 aliphatic heterocycles. The lowest BCUT2D eigenvalue weighted by atomic mass is 10.1. The largest absolute Gasteiger partial charge is 0.383 e. The second kappa shape index (κ2) is 9.99. The van der Waals surface area contributed by atoms with E-state index in [4.69, 9.17) is 4.74 Å². The summed E-state index contributed by atoms with van der Waals surface area (Å²) in [5, 5.41) is 5.15. The zero-order valence-corrected chi connectivity index (χ0v) is 16.8. The number of rotatable bonds is 9. The number of nitrogens with zero attached hydrogens (tertiary/aromatic N) is 1. The summed E-state index contributed by atoms with van der Waals surface area (Å²) in [5.74, 6) is -1.92. The van der Waals surface area contributed by atoms with Crippen molar-refractivity contribution in [3.63, 3.8) is 0 Å². The number of anilines is 2. The number of halogens is 1. The van der Waals surface area contributed by atoms with Crippen LogP contribution in [0.25, 0.3) is 0 Å². The first kappa shape index (κ1) is 22.3. The van der Waals surface area contributed by atoms with Gasteiger partial charge in [-0.05, 0) is 24.3 Å². The predicted octanol–water partition coefficient (Wildman–Crippen LogP) is 1.61. The molecule has 2 amide bonds. The fraction of sp³-hybridized carbons (Fsp3) is 0.263. The summed E-state index contributed by atoms with van der Waals surface area (Å²) in [7, 11) is -2.43. The second-order valence-electron chi connectivity index (χ2n) is 6.06. The Morgan fingerprint density at radius 3 is 2.41 bits per heavy atom. The van der Waals surface area contributed by atoms with Crippen LogP contribution in [0.1, 0.15) is 10.4 Å². The average Bonchev–Trinajstić information content (AvgIpc) is 2.66. The maximum Gasteiger partial charge on any atom is 0.253 e. The first-order valence-corrected chi connectivity index (χ1v) is 10.5. The van der Waals surface area contributed by atoms with Gasteiger partial charge in [0.2, 0.25) is 15.9 Å². The van der Waals surface area contributed by atoms with Gasteiger partial charge in [-0.2, -0.15) is 0 Å². The molecule has 29 heavy (non-hydrogen) atoms. The van der Waals surface area contributed by atoms with Gasteiger partial charge in [0.1, 0.15) is 12.4 Å². The van der Waals surface area contributed by atoms with Gasteiger partial charge < -0.3 is 15.4 Å². The Bertz CT molecular complexity index is 981. The number of ether oxygens (including phenoxy) is 1. The molecule has 2 aromatic carbocycles. The summed E-state index contributed by atoms with van der Waals surface area (Å²) in [5.41, 5.74) is 0.166. The number of amides is 2. The fourth-order valence-corrected chi connectivity index (χ4v) is 3.36. The molecule has 0 saturated carbocycles. The molecule has 156 valence electrons. The number of para-hydroxylation sites is 2. The van der Waals surface area contributed by atoms with Crippen LogP contribution in [0.15, 0.2) is 48.5 Å². The molecule has 8 nitrogen and oxygen atoms in total. The highest BCUT2D eigenvalue weighted by molar-refractivity contribution is 7.92. The van der Waals surface area contributed by atoms with E-state index in [0.29, 0.717) is 10.9 Å². The summed E-state index contributed by atoms with van der Waals surface area (Å²) in [4.78, 5) is 24.8. The van der Waals surface area contributed by atoms with Gasteiger partial charge in [0.15, 0.2) is 0 Å². The Morgan fingerprint density at radius 2 is 1.76 bits per heavy atom. The highest BCUT2D eigenvalue weighted by atomic mass is 32.2. The van der Waals surface area contributed by atoms with Gasteiger partial charge in [0, 0.05) is 13.7 Å². The SMILES string of the molecule is COCCNC(=O)c1ccccc1NC(=O)CN(c1ccccc1F)S(C)(=O)=O. The van der Waals surface area contributed by atoms with Crippen molar-refractivity contribution in [2.24, 2.45) is 0 Å². The van der Waals surface area contributed by atoms with Crippen molar-refractivity contribution in [3.8, 4) is 0 Å². The highest BCUT2D eigenvalue weighted by Crippen LogP contribution is 2.22. The van der Waals surface area contributed by atoms with Crippen LogP contribution >= 0.6 is 0 Å². The minimum Gasteiger partial charge on any atom is -0.383 e. The van der Waals surface area contributed by atoms with Crippen LogP contribution in [-0.2, 0) is 19.6 Å². The highest BCUT2D eigenvalue weighted by Gasteiger charge is 2.24. The Labute approximate surface area is 168 Å². The molecule has 0 spiro atoms. The molecular weight excluding hydrogens is 401 g/mol. The number of hydrogen-bond donors (Lipinski definition) is 2. The molecule has 0 radical (unpaired) electrons. The van der Waals surface area contributed by atoms with Crippen LogP contribution in [-0.4, -0.2) is 53.3 Å². The summed E-state index contributed by atoms with van der Waals surface area (Å²) in [6.07, 6.45) is 0.879. The Kier molecular flexibility index (Phi) is 7.68. The lowest BCUT2D eigenvalue weighted by molar-refractivity contribution is -0.114. The second-order valence-corrected chi connectivity index (χ2v) is 7.97. The van der Waals surface area contributed by atoms with Crippen molar-refractivity contribution in [2.45, 2.75) is 0 Å². The smallest absolute Gasteiger partial charge is 0.253 e. The van der Waals surface area contributed by atoms with Crippen LogP contribution < -0.4 is 14.9 Å². The quantitative estimate of drug-likeness (QED) is 0.596. The Morgan fingerprint density at radius 1 is 1.10 bits per heavy atom. The lowest BCUT2D eigenvalue weighted by Gasteiger charge is -2.22. The van der Waals surface area contributed by atoms with E-state index in [9.17, 15) is 22.4 Å². The van der Waals surface area contributed by atoms with Crippen molar-refractivity contribution in [2.75, 3.05) is 42.7 Å². The predicted molar refractivity (Wildman–Crippen MR) is 108 cm³/mol. The summed E-state index contributed by atoms with van der Waals surface area (Å²) in [6.45, 7) is -0.0433. The zero-order valence-electron chi connectivity index (χ0n) is 16.0. The van der Waals surface area contributed by atoms with Crippen molar-refractivity contribution >= 4 is 33.2 Å². The van der Waals surface area contributed by atoms with Gasteiger partial charge in [0.25, 0.3) is 5.91 Å². The van der Waals surface area contributed by atoms with Gasteiger partial charge >= 0.3 is 0 Å². The van der Waals surface area contributed by atoms with Gasteiger partial charge in [-0.1, -0.05) is 24.3 Å². The molecule has 0 unspecified atom stereocenters. The van der Waals surface area contributed by atoms with E-state index in [1.54, 1.807) is 12.1 Å². The fourth-order valence-electron chi connectivity index (χ4n) is 2.51. The number of methoxy groups -OCH3 is 1. The third-order valence-electron chi connectivity index (χ3n) is 3.85. The maximum absolute atomic E-state index is 14.1.